The first-order chi connectivity index (χ1) is 12.0. The van der Waals surface area contributed by atoms with Gasteiger partial charge in [0.1, 0.15) is 0 Å². The molecule has 2 aromatic carbocycles. The highest BCUT2D eigenvalue weighted by molar-refractivity contribution is 5.97. The molecule has 1 heterocycles. The van der Waals surface area contributed by atoms with Gasteiger partial charge >= 0.3 is 0 Å². The zero-order valence-corrected chi connectivity index (χ0v) is 15.0. The fourth-order valence-corrected chi connectivity index (χ4v) is 3.38. The van der Waals surface area contributed by atoms with E-state index >= 15 is 0 Å². The van der Waals surface area contributed by atoms with Crippen molar-refractivity contribution >= 4 is 17.5 Å². The van der Waals surface area contributed by atoms with E-state index in [9.17, 15) is 9.59 Å². The molecule has 2 aromatic rings. The summed E-state index contributed by atoms with van der Waals surface area (Å²) in [6.45, 7) is 6.88. The summed E-state index contributed by atoms with van der Waals surface area (Å²) in [5, 5.41) is 3.05. The van der Waals surface area contributed by atoms with Gasteiger partial charge in [-0.05, 0) is 62.6 Å². The molecule has 4 nitrogen and oxygen atoms in total. The Hall–Kier alpha value is -2.62. The van der Waals surface area contributed by atoms with Gasteiger partial charge in [-0.2, -0.15) is 0 Å². The maximum atomic E-state index is 12.5. The smallest absolute Gasteiger partial charge is 0.251 e. The van der Waals surface area contributed by atoms with Crippen LogP contribution >= 0.6 is 0 Å². The number of hydrogen-bond donors (Lipinski definition) is 1. The minimum atomic E-state index is -0.105. The van der Waals surface area contributed by atoms with Crippen LogP contribution in [-0.4, -0.2) is 18.4 Å². The van der Waals surface area contributed by atoms with Crippen molar-refractivity contribution in [2.24, 2.45) is 0 Å². The van der Waals surface area contributed by atoms with Crippen LogP contribution in [0.25, 0.3) is 0 Å². The fourth-order valence-electron chi connectivity index (χ4n) is 3.38. The zero-order chi connectivity index (χ0) is 18.0. The van der Waals surface area contributed by atoms with E-state index < -0.39 is 0 Å². The normalized spacial score (nSPS) is 15.3. The minimum absolute atomic E-state index is 0.0621. The molecule has 1 saturated heterocycles. The highest BCUT2D eigenvalue weighted by Crippen LogP contribution is 2.22. The van der Waals surface area contributed by atoms with E-state index in [0.717, 1.165) is 24.2 Å². The third kappa shape index (κ3) is 3.73. The summed E-state index contributed by atoms with van der Waals surface area (Å²) in [6, 6.07) is 13.5. The summed E-state index contributed by atoms with van der Waals surface area (Å²) < 4.78 is 0. The Bertz CT molecular complexity index is 796. The van der Waals surface area contributed by atoms with Crippen molar-refractivity contribution < 1.29 is 9.59 Å². The number of anilines is 1. The standard InChI is InChI=1S/C21H24N2O2/c1-14-6-11-19(15(2)13-14)16(3)22-21(25)17-7-9-18(10-8-17)23-12-4-5-20(23)24/h6-11,13,16H,4-5,12H2,1-3H3,(H,22,25)/t16-/m1/s1. The zero-order valence-electron chi connectivity index (χ0n) is 15.0. The molecular weight excluding hydrogens is 312 g/mol. The van der Waals surface area contributed by atoms with Gasteiger partial charge in [0.2, 0.25) is 5.91 Å². The number of nitrogens with one attached hydrogen (secondary N) is 1. The largest absolute Gasteiger partial charge is 0.346 e. The van der Waals surface area contributed by atoms with Crippen molar-refractivity contribution in [3.63, 3.8) is 0 Å². The lowest BCUT2D eigenvalue weighted by Gasteiger charge is -2.18. The van der Waals surface area contributed by atoms with E-state index in [1.807, 2.05) is 19.1 Å². The molecule has 1 fully saturated rings. The van der Waals surface area contributed by atoms with E-state index in [2.05, 4.69) is 37.4 Å². The van der Waals surface area contributed by atoms with Gasteiger partial charge in [0.15, 0.2) is 0 Å². The van der Waals surface area contributed by atoms with Crippen LogP contribution in [0.5, 0.6) is 0 Å². The van der Waals surface area contributed by atoms with Crippen molar-refractivity contribution in [1.82, 2.24) is 5.32 Å². The van der Waals surface area contributed by atoms with Gasteiger partial charge < -0.3 is 10.2 Å². The first kappa shape index (κ1) is 17.2. The number of benzene rings is 2. The first-order valence-electron chi connectivity index (χ1n) is 8.74. The Morgan fingerprint density at radius 2 is 1.84 bits per heavy atom. The lowest BCUT2D eigenvalue weighted by atomic mass is 10.00. The average molecular weight is 336 g/mol. The first-order valence-corrected chi connectivity index (χ1v) is 8.74. The number of carbonyl (C=O) groups excluding carboxylic acids is 2. The molecule has 3 rings (SSSR count). The predicted molar refractivity (Wildman–Crippen MR) is 99.8 cm³/mol. The molecule has 0 spiro atoms. The van der Waals surface area contributed by atoms with Crippen LogP contribution in [0.4, 0.5) is 5.69 Å². The predicted octanol–water partition coefficient (Wildman–Crippen LogP) is 3.92. The lowest BCUT2D eigenvalue weighted by molar-refractivity contribution is -0.117. The van der Waals surface area contributed by atoms with Crippen LogP contribution in [0.2, 0.25) is 0 Å². The molecular formula is C21H24N2O2. The quantitative estimate of drug-likeness (QED) is 0.920. The van der Waals surface area contributed by atoms with Gasteiger partial charge in [0.25, 0.3) is 5.91 Å². The second kappa shape index (κ2) is 7.09. The third-order valence-corrected chi connectivity index (χ3v) is 4.75. The van der Waals surface area contributed by atoms with Gasteiger partial charge in [-0.25, -0.2) is 0 Å². The van der Waals surface area contributed by atoms with Crippen molar-refractivity contribution in [3.05, 3.63) is 64.7 Å². The number of nitrogens with zero attached hydrogens (tertiary/aromatic N) is 1. The molecule has 1 atom stereocenters. The van der Waals surface area contributed by atoms with Crippen LogP contribution in [0.3, 0.4) is 0 Å². The molecule has 0 unspecified atom stereocenters. The van der Waals surface area contributed by atoms with Gasteiger partial charge in [0.05, 0.1) is 6.04 Å². The lowest BCUT2D eigenvalue weighted by Crippen LogP contribution is -2.27. The van der Waals surface area contributed by atoms with E-state index in [4.69, 9.17) is 0 Å². The van der Waals surface area contributed by atoms with Crippen LogP contribution in [0.15, 0.2) is 42.5 Å². The van der Waals surface area contributed by atoms with Gasteiger partial charge in [-0.15, -0.1) is 0 Å². The molecule has 0 aromatic heterocycles. The van der Waals surface area contributed by atoms with Crippen LogP contribution in [-0.2, 0) is 4.79 Å². The Labute approximate surface area is 148 Å². The van der Waals surface area contributed by atoms with Crippen LogP contribution < -0.4 is 10.2 Å². The van der Waals surface area contributed by atoms with Crippen LogP contribution in [0, 0.1) is 13.8 Å². The molecule has 0 radical (unpaired) electrons. The topological polar surface area (TPSA) is 49.4 Å². The van der Waals surface area contributed by atoms with Crippen LogP contribution in [0.1, 0.15) is 52.9 Å². The Kier molecular flexibility index (Phi) is 4.88. The molecule has 0 aliphatic carbocycles. The summed E-state index contributed by atoms with van der Waals surface area (Å²) in [6.07, 6.45) is 1.50. The van der Waals surface area contributed by atoms with E-state index in [1.165, 1.54) is 11.1 Å². The molecule has 0 bridgehead atoms. The Morgan fingerprint density at radius 3 is 2.44 bits per heavy atom. The van der Waals surface area contributed by atoms with Crippen molar-refractivity contribution in [3.8, 4) is 0 Å². The fraction of sp³-hybridized carbons (Fsp3) is 0.333. The number of aryl methyl sites for hydroxylation is 2. The highest BCUT2D eigenvalue weighted by Gasteiger charge is 2.22. The molecule has 1 N–H and O–H groups in total. The molecule has 2 amide bonds. The molecule has 1 aliphatic heterocycles. The molecule has 130 valence electrons. The summed E-state index contributed by atoms with van der Waals surface area (Å²) in [5.74, 6) is 0.0486. The second-order valence-corrected chi connectivity index (χ2v) is 6.75. The molecule has 4 heteroatoms. The van der Waals surface area contributed by atoms with Gasteiger partial charge in [0, 0.05) is 24.2 Å². The molecule has 0 saturated carbocycles. The number of rotatable bonds is 4. The Morgan fingerprint density at radius 1 is 1.12 bits per heavy atom. The summed E-state index contributed by atoms with van der Waals surface area (Å²) in [7, 11) is 0. The summed E-state index contributed by atoms with van der Waals surface area (Å²) >= 11 is 0. The molecule has 1 aliphatic rings. The summed E-state index contributed by atoms with van der Waals surface area (Å²) in [5.41, 5.74) is 4.98. The number of carbonyl (C=O) groups is 2. The van der Waals surface area contributed by atoms with E-state index in [-0.39, 0.29) is 17.9 Å². The summed E-state index contributed by atoms with van der Waals surface area (Å²) in [4.78, 5) is 26.1. The monoisotopic (exact) mass is 336 g/mol. The maximum absolute atomic E-state index is 12.5. The van der Waals surface area contributed by atoms with Gasteiger partial charge in [-0.3, -0.25) is 9.59 Å². The van der Waals surface area contributed by atoms with Crippen molar-refractivity contribution in [1.29, 1.82) is 0 Å². The minimum Gasteiger partial charge on any atom is -0.346 e. The third-order valence-electron chi connectivity index (χ3n) is 4.75. The van der Waals surface area contributed by atoms with Crippen molar-refractivity contribution in [2.75, 3.05) is 11.4 Å². The van der Waals surface area contributed by atoms with E-state index in [0.29, 0.717) is 12.0 Å². The average Bonchev–Trinajstić information content (AvgIpc) is 3.00. The number of amides is 2. The van der Waals surface area contributed by atoms with Crippen molar-refractivity contribution in [2.45, 2.75) is 39.7 Å². The highest BCUT2D eigenvalue weighted by atomic mass is 16.2. The van der Waals surface area contributed by atoms with E-state index in [1.54, 1.807) is 17.0 Å². The van der Waals surface area contributed by atoms with Gasteiger partial charge in [-0.1, -0.05) is 23.8 Å². The maximum Gasteiger partial charge on any atom is 0.251 e. The second-order valence-electron chi connectivity index (χ2n) is 6.75. The molecule has 25 heavy (non-hydrogen) atoms. The number of hydrogen-bond acceptors (Lipinski definition) is 2. The SMILES string of the molecule is Cc1ccc([C@@H](C)NC(=O)c2ccc(N3CCCC3=O)cc2)c(C)c1. The Balaban J connectivity index is 1.69.